The van der Waals surface area contributed by atoms with Crippen LogP contribution in [0.1, 0.15) is 24.0 Å². The van der Waals surface area contributed by atoms with Crippen LogP contribution in [0, 0.1) is 19.3 Å². The number of hydrogen-bond acceptors (Lipinski definition) is 2. The van der Waals surface area contributed by atoms with Crippen LogP contribution in [0.15, 0.2) is 46.9 Å². The monoisotopic (exact) mass is 386 g/mol. The van der Waals surface area contributed by atoms with Crippen molar-refractivity contribution in [1.29, 1.82) is 0 Å². The Morgan fingerprint density at radius 2 is 1.46 bits per heavy atom. The van der Waals surface area contributed by atoms with Crippen molar-refractivity contribution in [3.05, 3.63) is 58.1 Å². The van der Waals surface area contributed by atoms with Gasteiger partial charge in [-0.1, -0.05) is 34.1 Å². The molecule has 1 fully saturated rings. The molecule has 0 aliphatic heterocycles. The summed E-state index contributed by atoms with van der Waals surface area (Å²) in [7, 11) is 0. The molecule has 1 aliphatic carbocycles. The summed E-state index contributed by atoms with van der Waals surface area (Å²) >= 11 is 3.36. The van der Waals surface area contributed by atoms with Crippen LogP contribution in [0.25, 0.3) is 0 Å². The molecule has 0 saturated heterocycles. The molecular weight excluding hydrogens is 368 g/mol. The molecule has 5 heteroatoms. The maximum atomic E-state index is 12.7. The molecule has 2 aromatic rings. The number of anilines is 2. The van der Waals surface area contributed by atoms with Gasteiger partial charge in [0.2, 0.25) is 11.8 Å². The van der Waals surface area contributed by atoms with E-state index in [0.29, 0.717) is 18.5 Å². The quantitative estimate of drug-likeness (QED) is 0.763. The van der Waals surface area contributed by atoms with Gasteiger partial charge in [0.15, 0.2) is 0 Å². The van der Waals surface area contributed by atoms with Crippen molar-refractivity contribution in [2.24, 2.45) is 5.41 Å². The minimum absolute atomic E-state index is 0.227. The fraction of sp³-hybridized carbons (Fsp3) is 0.263. The summed E-state index contributed by atoms with van der Waals surface area (Å²) in [6.45, 7) is 3.90. The SMILES string of the molecule is Cc1cccc(C)c1NC(=O)C1(C(=O)Nc2ccc(Br)cc2)CC1. The Morgan fingerprint density at radius 1 is 0.917 bits per heavy atom. The molecule has 24 heavy (non-hydrogen) atoms. The second kappa shape index (κ2) is 6.40. The third kappa shape index (κ3) is 3.22. The van der Waals surface area contributed by atoms with Gasteiger partial charge in [0.05, 0.1) is 0 Å². The van der Waals surface area contributed by atoms with E-state index in [-0.39, 0.29) is 11.8 Å². The van der Waals surface area contributed by atoms with E-state index in [1.54, 1.807) is 0 Å². The maximum absolute atomic E-state index is 12.7. The molecule has 0 atom stereocenters. The molecule has 0 bridgehead atoms. The topological polar surface area (TPSA) is 58.2 Å². The molecule has 2 aromatic carbocycles. The summed E-state index contributed by atoms with van der Waals surface area (Å²) in [6, 6.07) is 13.2. The molecule has 0 unspecified atom stereocenters. The molecule has 0 aromatic heterocycles. The lowest BCUT2D eigenvalue weighted by Crippen LogP contribution is -2.36. The van der Waals surface area contributed by atoms with Crippen molar-refractivity contribution in [2.75, 3.05) is 10.6 Å². The van der Waals surface area contributed by atoms with Gasteiger partial charge in [-0.25, -0.2) is 0 Å². The zero-order valence-corrected chi connectivity index (χ0v) is 15.2. The first-order chi connectivity index (χ1) is 11.4. The highest BCUT2D eigenvalue weighted by Crippen LogP contribution is 2.47. The van der Waals surface area contributed by atoms with Crippen molar-refractivity contribution in [3.8, 4) is 0 Å². The van der Waals surface area contributed by atoms with Crippen molar-refractivity contribution in [3.63, 3.8) is 0 Å². The summed E-state index contributed by atoms with van der Waals surface area (Å²) in [5, 5.41) is 5.80. The van der Waals surface area contributed by atoms with Crippen molar-refractivity contribution < 1.29 is 9.59 Å². The number of benzene rings is 2. The standard InChI is InChI=1S/C19H19BrN2O2/c1-12-4-3-5-13(2)16(12)22-18(24)19(10-11-19)17(23)21-15-8-6-14(20)7-9-15/h3-9H,10-11H2,1-2H3,(H,21,23)(H,22,24). The van der Waals surface area contributed by atoms with Gasteiger partial charge in [-0.15, -0.1) is 0 Å². The number of amides is 2. The Bertz CT molecular complexity index is 775. The predicted molar refractivity (Wildman–Crippen MR) is 99.0 cm³/mol. The van der Waals surface area contributed by atoms with E-state index in [4.69, 9.17) is 0 Å². The lowest BCUT2D eigenvalue weighted by Gasteiger charge is -2.18. The maximum Gasteiger partial charge on any atom is 0.240 e. The Kier molecular flexibility index (Phi) is 4.45. The minimum atomic E-state index is -0.957. The van der Waals surface area contributed by atoms with Gasteiger partial charge < -0.3 is 10.6 Å². The molecule has 4 nitrogen and oxygen atoms in total. The summed E-state index contributed by atoms with van der Waals surface area (Å²) in [5.74, 6) is -0.469. The molecular formula is C19H19BrN2O2. The molecule has 3 rings (SSSR count). The number of aryl methyl sites for hydroxylation is 2. The Balaban J connectivity index is 1.74. The lowest BCUT2D eigenvalue weighted by atomic mass is 10.0. The van der Waals surface area contributed by atoms with Gasteiger partial charge in [0.1, 0.15) is 5.41 Å². The molecule has 0 spiro atoms. The lowest BCUT2D eigenvalue weighted by molar-refractivity contribution is -0.131. The van der Waals surface area contributed by atoms with Crippen molar-refractivity contribution >= 4 is 39.1 Å². The number of halogens is 1. The van der Waals surface area contributed by atoms with Gasteiger partial charge in [-0.2, -0.15) is 0 Å². The second-order valence-corrected chi connectivity index (χ2v) is 7.18. The number of rotatable bonds is 4. The third-order valence-corrected chi connectivity index (χ3v) is 4.97. The largest absolute Gasteiger partial charge is 0.325 e. The van der Waals surface area contributed by atoms with Crippen LogP contribution < -0.4 is 10.6 Å². The Morgan fingerprint density at radius 3 is 2.00 bits per heavy atom. The smallest absolute Gasteiger partial charge is 0.240 e. The van der Waals surface area contributed by atoms with Crippen LogP contribution in [0.5, 0.6) is 0 Å². The van der Waals surface area contributed by atoms with E-state index < -0.39 is 5.41 Å². The van der Waals surface area contributed by atoms with Gasteiger partial charge in [-0.05, 0) is 62.1 Å². The van der Waals surface area contributed by atoms with Gasteiger partial charge in [-0.3, -0.25) is 9.59 Å². The summed E-state index contributed by atoms with van der Waals surface area (Å²) in [4.78, 5) is 25.3. The highest BCUT2D eigenvalue weighted by molar-refractivity contribution is 9.10. The summed E-state index contributed by atoms with van der Waals surface area (Å²) < 4.78 is 0.939. The minimum Gasteiger partial charge on any atom is -0.325 e. The zero-order valence-electron chi connectivity index (χ0n) is 13.7. The number of nitrogens with one attached hydrogen (secondary N) is 2. The molecule has 1 saturated carbocycles. The van der Waals surface area contributed by atoms with E-state index in [9.17, 15) is 9.59 Å². The Hall–Kier alpha value is -2.14. The highest BCUT2D eigenvalue weighted by Gasteiger charge is 2.56. The first kappa shape index (κ1) is 16.7. The zero-order chi connectivity index (χ0) is 17.3. The number of para-hydroxylation sites is 1. The predicted octanol–water partition coefficient (Wildman–Crippen LogP) is 4.42. The molecule has 124 valence electrons. The average molecular weight is 387 g/mol. The van der Waals surface area contributed by atoms with Gasteiger partial charge in [0, 0.05) is 15.8 Å². The molecule has 0 radical (unpaired) electrons. The van der Waals surface area contributed by atoms with Crippen LogP contribution in [-0.4, -0.2) is 11.8 Å². The molecule has 0 heterocycles. The molecule has 2 amide bonds. The van der Waals surface area contributed by atoms with Crippen LogP contribution in [0.3, 0.4) is 0 Å². The number of hydrogen-bond donors (Lipinski definition) is 2. The normalized spacial score (nSPS) is 14.8. The number of carbonyl (C=O) groups is 2. The first-order valence-electron chi connectivity index (χ1n) is 7.87. The fourth-order valence-electron chi connectivity index (χ4n) is 2.71. The van der Waals surface area contributed by atoms with E-state index in [2.05, 4.69) is 26.6 Å². The number of carbonyl (C=O) groups excluding carboxylic acids is 2. The van der Waals surface area contributed by atoms with E-state index in [0.717, 1.165) is 21.3 Å². The second-order valence-electron chi connectivity index (χ2n) is 6.26. The Labute approximate surface area is 149 Å². The molecule has 2 N–H and O–H groups in total. The van der Waals surface area contributed by atoms with Crippen molar-refractivity contribution in [2.45, 2.75) is 26.7 Å². The van der Waals surface area contributed by atoms with Crippen LogP contribution >= 0.6 is 15.9 Å². The van der Waals surface area contributed by atoms with Crippen LogP contribution in [0.2, 0.25) is 0 Å². The highest BCUT2D eigenvalue weighted by atomic mass is 79.9. The van der Waals surface area contributed by atoms with Gasteiger partial charge >= 0.3 is 0 Å². The van der Waals surface area contributed by atoms with Crippen LogP contribution in [0.4, 0.5) is 11.4 Å². The third-order valence-electron chi connectivity index (χ3n) is 4.44. The van der Waals surface area contributed by atoms with Crippen molar-refractivity contribution in [1.82, 2.24) is 0 Å². The summed E-state index contributed by atoms with van der Waals surface area (Å²) in [5.41, 5.74) is 2.52. The first-order valence-corrected chi connectivity index (χ1v) is 8.66. The van der Waals surface area contributed by atoms with Gasteiger partial charge in [0.25, 0.3) is 0 Å². The fourth-order valence-corrected chi connectivity index (χ4v) is 2.98. The van der Waals surface area contributed by atoms with E-state index in [1.807, 2.05) is 56.3 Å². The molecule has 1 aliphatic rings. The van der Waals surface area contributed by atoms with E-state index >= 15 is 0 Å². The van der Waals surface area contributed by atoms with E-state index in [1.165, 1.54) is 0 Å². The van der Waals surface area contributed by atoms with Crippen LogP contribution in [-0.2, 0) is 9.59 Å². The average Bonchev–Trinajstić information content (AvgIpc) is 3.35. The summed E-state index contributed by atoms with van der Waals surface area (Å²) in [6.07, 6.45) is 1.15.